The lowest BCUT2D eigenvalue weighted by atomic mass is 9.47. The Hall–Kier alpha value is -0.560. The van der Waals surface area contributed by atoms with Crippen LogP contribution in [0.2, 0.25) is 0 Å². The third kappa shape index (κ3) is 3.46. The SMILES string of the molecule is C=C(CCC(C)C1CCC2=C3CCC4C(C)C(O)CCC4(C)C3CCC21C)C(C)C. The Balaban J connectivity index is 1.55. The molecule has 0 aromatic rings. The van der Waals surface area contributed by atoms with Crippen molar-refractivity contribution in [1.82, 2.24) is 0 Å². The summed E-state index contributed by atoms with van der Waals surface area (Å²) in [5.41, 5.74) is 6.11. The molecule has 1 heteroatoms. The summed E-state index contributed by atoms with van der Waals surface area (Å²) in [6.45, 7) is 19.0. The molecule has 1 N–H and O–H groups in total. The highest BCUT2D eigenvalue weighted by Gasteiger charge is 2.56. The summed E-state index contributed by atoms with van der Waals surface area (Å²) in [7, 11) is 0. The minimum absolute atomic E-state index is 0.0663. The molecule has 0 amide bonds. The average molecular weight is 413 g/mol. The molecule has 0 aliphatic heterocycles. The molecule has 3 saturated carbocycles. The Morgan fingerprint density at radius 1 is 1.07 bits per heavy atom. The van der Waals surface area contributed by atoms with E-state index in [4.69, 9.17) is 0 Å². The van der Waals surface area contributed by atoms with Crippen molar-refractivity contribution < 1.29 is 5.11 Å². The number of hydrogen-bond acceptors (Lipinski definition) is 1. The Kier molecular flexibility index (Phi) is 6.10. The van der Waals surface area contributed by atoms with Crippen molar-refractivity contribution >= 4 is 0 Å². The molecule has 4 aliphatic carbocycles. The van der Waals surface area contributed by atoms with Crippen LogP contribution in [0.3, 0.4) is 0 Å². The van der Waals surface area contributed by atoms with Crippen LogP contribution in [0.4, 0.5) is 0 Å². The molecular weight excluding hydrogens is 364 g/mol. The third-order valence-electron chi connectivity index (χ3n) is 11.0. The van der Waals surface area contributed by atoms with Gasteiger partial charge in [-0.3, -0.25) is 0 Å². The first kappa shape index (κ1) is 22.6. The van der Waals surface area contributed by atoms with Gasteiger partial charge in [-0.05, 0) is 111 Å². The highest BCUT2D eigenvalue weighted by Crippen LogP contribution is 2.66. The van der Waals surface area contributed by atoms with Gasteiger partial charge in [0.25, 0.3) is 0 Å². The second kappa shape index (κ2) is 8.09. The largest absolute Gasteiger partial charge is 0.393 e. The predicted octanol–water partition coefficient (Wildman–Crippen LogP) is 7.94. The maximum Gasteiger partial charge on any atom is 0.0568 e. The molecule has 3 fully saturated rings. The molecule has 0 heterocycles. The fraction of sp³-hybridized carbons (Fsp3) is 0.862. The summed E-state index contributed by atoms with van der Waals surface area (Å²) < 4.78 is 0. The van der Waals surface area contributed by atoms with E-state index in [-0.39, 0.29) is 6.10 Å². The Morgan fingerprint density at radius 2 is 1.80 bits per heavy atom. The van der Waals surface area contributed by atoms with Crippen molar-refractivity contribution in [3.05, 3.63) is 23.3 Å². The lowest BCUT2D eigenvalue weighted by Gasteiger charge is -2.58. The lowest BCUT2D eigenvalue weighted by Crippen LogP contribution is -2.51. The van der Waals surface area contributed by atoms with E-state index in [0.717, 1.165) is 30.1 Å². The highest BCUT2D eigenvalue weighted by molar-refractivity contribution is 5.35. The van der Waals surface area contributed by atoms with Gasteiger partial charge in [0.2, 0.25) is 0 Å². The summed E-state index contributed by atoms with van der Waals surface area (Å²) in [5.74, 6) is 4.28. The van der Waals surface area contributed by atoms with Crippen molar-refractivity contribution in [3.8, 4) is 0 Å². The zero-order valence-electron chi connectivity index (χ0n) is 20.8. The summed E-state index contributed by atoms with van der Waals surface area (Å²) >= 11 is 0. The van der Waals surface area contributed by atoms with Gasteiger partial charge in [0.1, 0.15) is 0 Å². The molecule has 4 rings (SSSR count). The van der Waals surface area contributed by atoms with Crippen LogP contribution in [-0.2, 0) is 0 Å². The van der Waals surface area contributed by atoms with Gasteiger partial charge in [0, 0.05) is 0 Å². The summed E-state index contributed by atoms with van der Waals surface area (Å²) in [6, 6.07) is 0. The Morgan fingerprint density at radius 3 is 2.50 bits per heavy atom. The van der Waals surface area contributed by atoms with Gasteiger partial charge in [-0.15, -0.1) is 0 Å². The molecule has 0 saturated heterocycles. The second-order valence-corrected chi connectivity index (χ2v) is 12.6. The van der Waals surface area contributed by atoms with Crippen LogP contribution in [0.15, 0.2) is 23.3 Å². The molecule has 0 aromatic carbocycles. The Labute approximate surface area is 186 Å². The molecule has 4 aliphatic rings. The minimum Gasteiger partial charge on any atom is -0.393 e. The average Bonchev–Trinajstić information content (AvgIpc) is 3.06. The van der Waals surface area contributed by atoms with Gasteiger partial charge < -0.3 is 5.11 Å². The number of hydrogen-bond donors (Lipinski definition) is 1. The zero-order chi connectivity index (χ0) is 21.8. The van der Waals surface area contributed by atoms with E-state index in [1.807, 2.05) is 11.1 Å². The topological polar surface area (TPSA) is 20.2 Å². The van der Waals surface area contributed by atoms with Crippen molar-refractivity contribution in [1.29, 1.82) is 0 Å². The standard InChI is InChI=1S/C29H48O/c1-18(2)19(3)8-9-20(4)23-12-13-25-22-10-11-24-21(5)27(30)15-17-29(24,7)26(22)14-16-28(23,25)6/h18,20-21,23-24,26-27,30H,3,8-17H2,1-2,4-7H3. The Bertz CT molecular complexity index is 701. The minimum atomic E-state index is -0.0663. The van der Waals surface area contributed by atoms with Crippen molar-refractivity contribution in [3.63, 3.8) is 0 Å². The zero-order valence-corrected chi connectivity index (χ0v) is 20.8. The van der Waals surface area contributed by atoms with Crippen LogP contribution >= 0.6 is 0 Å². The van der Waals surface area contributed by atoms with Crippen molar-refractivity contribution in [2.24, 2.45) is 46.3 Å². The summed E-state index contributed by atoms with van der Waals surface area (Å²) in [4.78, 5) is 0. The molecule has 170 valence electrons. The highest BCUT2D eigenvalue weighted by atomic mass is 16.3. The van der Waals surface area contributed by atoms with Gasteiger partial charge in [-0.2, -0.15) is 0 Å². The van der Waals surface area contributed by atoms with E-state index in [0.29, 0.717) is 22.7 Å². The first-order chi connectivity index (χ1) is 14.1. The lowest BCUT2D eigenvalue weighted by molar-refractivity contribution is -0.0779. The predicted molar refractivity (Wildman–Crippen MR) is 128 cm³/mol. The second-order valence-electron chi connectivity index (χ2n) is 12.6. The number of allylic oxidation sites excluding steroid dienone is 3. The van der Waals surface area contributed by atoms with Crippen LogP contribution in [0, 0.1) is 46.3 Å². The molecule has 0 bridgehead atoms. The van der Waals surface area contributed by atoms with E-state index >= 15 is 0 Å². The van der Waals surface area contributed by atoms with Gasteiger partial charge >= 0.3 is 0 Å². The van der Waals surface area contributed by atoms with E-state index in [2.05, 4.69) is 48.1 Å². The van der Waals surface area contributed by atoms with Gasteiger partial charge in [-0.25, -0.2) is 0 Å². The van der Waals surface area contributed by atoms with Crippen LogP contribution in [-0.4, -0.2) is 11.2 Å². The number of fused-ring (bicyclic) bond motifs is 4. The van der Waals surface area contributed by atoms with Crippen LogP contribution in [0.25, 0.3) is 0 Å². The molecule has 30 heavy (non-hydrogen) atoms. The van der Waals surface area contributed by atoms with E-state index in [1.165, 1.54) is 63.4 Å². The van der Waals surface area contributed by atoms with Crippen molar-refractivity contribution in [2.45, 2.75) is 112 Å². The van der Waals surface area contributed by atoms with Gasteiger partial charge in [0.05, 0.1) is 6.10 Å². The molecule has 0 spiro atoms. The van der Waals surface area contributed by atoms with Gasteiger partial charge in [0.15, 0.2) is 0 Å². The maximum atomic E-state index is 10.5. The fourth-order valence-electron chi connectivity index (χ4n) is 8.80. The molecule has 8 atom stereocenters. The normalized spacial score (nSPS) is 44.5. The van der Waals surface area contributed by atoms with Gasteiger partial charge in [-0.1, -0.05) is 64.8 Å². The monoisotopic (exact) mass is 412 g/mol. The summed E-state index contributed by atoms with van der Waals surface area (Å²) in [6.07, 6.45) is 12.9. The van der Waals surface area contributed by atoms with Crippen molar-refractivity contribution in [2.75, 3.05) is 0 Å². The first-order valence-electron chi connectivity index (χ1n) is 13.2. The number of aliphatic hydroxyl groups excluding tert-OH is 1. The van der Waals surface area contributed by atoms with E-state index in [9.17, 15) is 5.11 Å². The quantitative estimate of drug-likeness (QED) is 0.454. The molecule has 1 nitrogen and oxygen atoms in total. The van der Waals surface area contributed by atoms with Crippen LogP contribution < -0.4 is 0 Å². The van der Waals surface area contributed by atoms with E-state index in [1.54, 1.807) is 0 Å². The summed E-state index contributed by atoms with van der Waals surface area (Å²) in [5, 5.41) is 10.5. The molecule has 0 aromatic heterocycles. The first-order valence-corrected chi connectivity index (χ1v) is 13.2. The smallest absolute Gasteiger partial charge is 0.0568 e. The molecule has 8 unspecified atom stereocenters. The molecular formula is C29H48O. The van der Waals surface area contributed by atoms with E-state index < -0.39 is 0 Å². The molecule has 0 radical (unpaired) electrons. The number of rotatable bonds is 5. The maximum absolute atomic E-state index is 10.5. The van der Waals surface area contributed by atoms with Crippen LogP contribution in [0.5, 0.6) is 0 Å². The number of aliphatic hydroxyl groups is 1. The fourth-order valence-corrected chi connectivity index (χ4v) is 8.80. The van der Waals surface area contributed by atoms with Crippen LogP contribution in [0.1, 0.15) is 106 Å². The third-order valence-corrected chi connectivity index (χ3v) is 11.0.